The molecule has 4 amide bonds. The molecule has 0 aliphatic carbocycles. The number of imide groups is 1. The molecular weight excluding hydrogens is 366 g/mol. The van der Waals surface area contributed by atoms with Crippen LogP contribution in [0.1, 0.15) is 35.1 Å². The first-order chi connectivity index (χ1) is 13.9. The number of rotatable bonds is 4. The molecule has 2 aliphatic rings. The number of aryl methyl sites for hydroxylation is 2. The molecule has 0 aromatic heterocycles. The van der Waals surface area contributed by atoms with Crippen molar-refractivity contribution in [2.24, 2.45) is 0 Å². The molecule has 2 fully saturated rings. The zero-order chi connectivity index (χ0) is 20.6. The Morgan fingerprint density at radius 3 is 2.31 bits per heavy atom. The van der Waals surface area contributed by atoms with Gasteiger partial charge < -0.3 is 10.2 Å². The van der Waals surface area contributed by atoms with Crippen molar-refractivity contribution in [3.05, 3.63) is 70.8 Å². The highest BCUT2D eigenvalue weighted by Gasteiger charge is 2.54. The minimum Gasteiger partial charge on any atom is -0.341 e. The van der Waals surface area contributed by atoms with Crippen LogP contribution in [0, 0.1) is 13.8 Å². The number of likely N-dealkylation sites (tertiary alicyclic amines) is 1. The van der Waals surface area contributed by atoms with E-state index >= 15 is 0 Å². The summed E-state index contributed by atoms with van der Waals surface area (Å²) in [6.45, 7) is 5.12. The Hall–Kier alpha value is -3.15. The Balaban J connectivity index is 1.75. The maximum atomic E-state index is 13.7. The van der Waals surface area contributed by atoms with Crippen LogP contribution in [0.15, 0.2) is 48.5 Å². The lowest BCUT2D eigenvalue weighted by Crippen LogP contribution is -2.46. The molecule has 6 heteroatoms. The number of benzene rings is 2. The second-order valence-corrected chi connectivity index (χ2v) is 7.82. The lowest BCUT2D eigenvalue weighted by Gasteiger charge is -2.28. The fraction of sp³-hybridized carbons (Fsp3) is 0.348. The molecule has 2 heterocycles. The third-order valence-corrected chi connectivity index (χ3v) is 6.00. The molecule has 29 heavy (non-hydrogen) atoms. The molecule has 0 radical (unpaired) electrons. The highest BCUT2D eigenvalue weighted by molar-refractivity contribution is 6.11. The summed E-state index contributed by atoms with van der Waals surface area (Å²) in [6.07, 6.45) is 1.92. The van der Waals surface area contributed by atoms with Gasteiger partial charge in [-0.05, 0) is 48.9 Å². The molecule has 0 unspecified atom stereocenters. The van der Waals surface area contributed by atoms with E-state index in [2.05, 4.69) is 5.32 Å². The molecule has 4 rings (SSSR count). The van der Waals surface area contributed by atoms with Gasteiger partial charge in [0.05, 0.1) is 0 Å². The standard InChI is InChI=1S/C23H25N3O3/c1-16-10-11-19(14-17(16)2)23(18-8-4-3-5-9-18)21(28)26(22(29)24-23)15-20(27)25-12-6-7-13-25/h3-5,8-11,14H,6-7,12-13,15H2,1-2H3,(H,24,29)/t23-/m1/s1. The summed E-state index contributed by atoms with van der Waals surface area (Å²) in [6, 6.07) is 14.4. The summed E-state index contributed by atoms with van der Waals surface area (Å²) in [5.74, 6) is -0.598. The van der Waals surface area contributed by atoms with Crippen molar-refractivity contribution in [1.82, 2.24) is 15.1 Å². The molecule has 150 valence electrons. The van der Waals surface area contributed by atoms with Gasteiger partial charge in [0.2, 0.25) is 5.91 Å². The van der Waals surface area contributed by atoms with E-state index in [0.29, 0.717) is 24.2 Å². The third-order valence-electron chi connectivity index (χ3n) is 6.00. The summed E-state index contributed by atoms with van der Waals surface area (Å²) in [4.78, 5) is 41.9. The van der Waals surface area contributed by atoms with Gasteiger partial charge in [-0.1, -0.05) is 48.5 Å². The van der Waals surface area contributed by atoms with Gasteiger partial charge in [-0.3, -0.25) is 14.5 Å². The normalized spacial score (nSPS) is 21.6. The number of amides is 4. The fourth-order valence-electron chi connectivity index (χ4n) is 4.14. The van der Waals surface area contributed by atoms with Gasteiger partial charge in [-0.15, -0.1) is 0 Å². The van der Waals surface area contributed by atoms with Gasteiger partial charge in [0, 0.05) is 13.1 Å². The quantitative estimate of drug-likeness (QED) is 0.815. The molecule has 2 saturated heterocycles. The molecule has 0 spiro atoms. The summed E-state index contributed by atoms with van der Waals surface area (Å²) in [5.41, 5.74) is 2.18. The lowest BCUT2D eigenvalue weighted by molar-refractivity contribution is -0.138. The first kappa shape index (κ1) is 19.2. The van der Waals surface area contributed by atoms with Gasteiger partial charge in [0.1, 0.15) is 6.54 Å². The summed E-state index contributed by atoms with van der Waals surface area (Å²) in [5, 5.41) is 2.91. The SMILES string of the molecule is Cc1ccc([C@@]2(c3ccccc3)NC(=O)N(CC(=O)N3CCCC3)C2=O)cc1C. The van der Waals surface area contributed by atoms with Crippen molar-refractivity contribution in [2.45, 2.75) is 32.2 Å². The maximum Gasteiger partial charge on any atom is 0.326 e. The molecule has 1 atom stereocenters. The first-order valence-electron chi connectivity index (χ1n) is 9.98. The number of carbonyl (C=O) groups is 3. The fourth-order valence-corrected chi connectivity index (χ4v) is 4.14. The van der Waals surface area contributed by atoms with Crippen molar-refractivity contribution in [2.75, 3.05) is 19.6 Å². The predicted octanol–water partition coefficient (Wildman–Crippen LogP) is 2.72. The number of carbonyl (C=O) groups excluding carboxylic acids is 3. The number of hydrogen-bond acceptors (Lipinski definition) is 3. The van der Waals surface area contributed by atoms with Crippen LogP contribution in [0.25, 0.3) is 0 Å². The van der Waals surface area contributed by atoms with Crippen LogP contribution >= 0.6 is 0 Å². The smallest absolute Gasteiger partial charge is 0.326 e. The number of hydrogen-bond donors (Lipinski definition) is 1. The van der Waals surface area contributed by atoms with Gasteiger partial charge in [-0.25, -0.2) is 4.79 Å². The minimum absolute atomic E-state index is 0.185. The average molecular weight is 391 g/mol. The predicted molar refractivity (Wildman–Crippen MR) is 109 cm³/mol. The summed E-state index contributed by atoms with van der Waals surface area (Å²) >= 11 is 0. The molecule has 1 N–H and O–H groups in total. The topological polar surface area (TPSA) is 69.7 Å². The molecule has 6 nitrogen and oxygen atoms in total. The molecule has 2 aromatic carbocycles. The largest absolute Gasteiger partial charge is 0.341 e. The van der Waals surface area contributed by atoms with E-state index in [0.717, 1.165) is 28.9 Å². The van der Waals surface area contributed by atoms with Crippen LogP contribution < -0.4 is 5.32 Å². The Morgan fingerprint density at radius 2 is 1.66 bits per heavy atom. The van der Waals surface area contributed by atoms with Crippen LogP contribution in [-0.2, 0) is 15.1 Å². The Morgan fingerprint density at radius 1 is 0.966 bits per heavy atom. The second-order valence-electron chi connectivity index (χ2n) is 7.82. The van der Waals surface area contributed by atoms with E-state index < -0.39 is 17.5 Å². The number of urea groups is 1. The van der Waals surface area contributed by atoms with Crippen LogP contribution in [0.4, 0.5) is 4.79 Å². The average Bonchev–Trinajstić information content (AvgIpc) is 3.34. The number of nitrogens with one attached hydrogen (secondary N) is 1. The van der Waals surface area contributed by atoms with E-state index in [1.807, 2.05) is 62.4 Å². The Labute approximate surface area is 170 Å². The third kappa shape index (κ3) is 3.18. The molecule has 0 bridgehead atoms. The van der Waals surface area contributed by atoms with Crippen molar-refractivity contribution >= 4 is 17.8 Å². The van der Waals surface area contributed by atoms with E-state index in [1.165, 1.54) is 0 Å². The molecule has 2 aromatic rings. The highest BCUT2D eigenvalue weighted by Crippen LogP contribution is 2.36. The number of nitrogens with zero attached hydrogens (tertiary/aromatic N) is 2. The Bertz CT molecular complexity index is 967. The van der Waals surface area contributed by atoms with Gasteiger partial charge >= 0.3 is 6.03 Å². The van der Waals surface area contributed by atoms with Gasteiger partial charge in [0.25, 0.3) is 5.91 Å². The molecule has 0 saturated carbocycles. The monoisotopic (exact) mass is 391 g/mol. The maximum absolute atomic E-state index is 13.7. The van der Waals surface area contributed by atoms with Crippen LogP contribution in [-0.4, -0.2) is 47.3 Å². The zero-order valence-electron chi connectivity index (χ0n) is 16.8. The first-order valence-corrected chi connectivity index (χ1v) is 9.98. The van der Waals surface area contributed by atoms with Gasteiger partial charge in [-0.2, -0.15) is 0 Å². The van der Waals surface area contributed by atoms with E-state index in [1.54, 1.807) is 4.90 Å². The van der Waals surface area contributed by atoms with Crippen LogP contribution in [0.3, 0.4) is 0 Å². The van der Waals surface area contributed by atoms with Crippen LogP contribution in [0.2, 0.25) is 0 Å². The van der Waals surface area contributed by atoms with E-state index in [-0.39, 0.29) is 12.5 Å². The van der Waals surface area contributed by atoms with Crippen molar-refractivity contribution in [3.63, 3.8) is 0 Å². The summed E-state index contributed by atoms with van der Waals surface area (Å²) in [7, 11) is 0. The van der Waals surface area contributed by atoms with Crippen molar-refractivity contribution in [1.29, 1.82) is 0 Å². The van der Waals surface area contributed by atoms with Gasteiger partial charge in [0.15, 0.2) is 5.54 Å². The highest BCUT2D eigenvalue weighted by atomic mass is 16.2. The Kier molecular flexibility index (Phi) is 4.86. The summed E-state index contributed by atoms with van der Waals surface area (Å²) < 4.78 is 0. The van der Waals surface area contributed by atoms with E-state index in [9.17, 15) is 14.4 Å². The molecular formula is C23H25N3O3. The van der Waals surface area contributed by atoms with E-state index in [4.69, 9.17) is 0 Å². The lowest BCUT2D eigenvalue weighted by atomic mass is 9.81. The van der Waals surface area contributed by atoms with Crippen LogP contribution in [0.5, 0.6) is 0 Å². The second kappa shape index (κ2) is 7.35. The zero-order valence-corrected chi connectivity index (χ0v) is 16.8. The van der Waals surface area contributed by atoms with Crippen molar-refractivity contribution < 1.29 is 14.4 Å². The van der Waals surface area contributed by atoms with Crippen molar-refractivity contribution in [3.8, 4) is 0 Å². The minimum atomic E-state index is -1.33. The molecule has 2 aliphatic heterocycles.